The van der Waals surface area contributed by atoms with Crippen molar-refractivity contribution in [2.45, 2.75) is 6.92 Å². The van der Waals surface area contributed by atoms with E-state index in [-0.39, 0.29) is 5.76 Å². The number of nitrogens with two attached hydrogens (primary N) is 1. The lowest BCUT2D eigenvalue weighted by Crippen LogP contribution is -2.06. The molecule has 1 aromatic carbocycles. The Morgan fingerprint density at radius 3 is 2.38 bits per heavy atom. The lowest BCUT2D eigenvalue weighted by atomic mass is 10.1. The predicted molar refractivity (Wildman–Crippen MR) is 51.0 cm³/mol. The standard InChI is InChI=1S/C10H11NO2/c1-7-2-4-8(5-3-7)9(12)6-10(11)13/h2-6,12H,1H3,(H2,11,13)/b9-6-. The summed E-state index contributed by atoms with van der Waals surface area (Å²) < 4.78 is 0. The Labute approximate surface area is 76.5 Å². The number of amides is 1. The molecule has 3 nitrogen and oxygen atoms in total. The average molecular weight is 177 g/mol. The minimum Gasteiger partial charge on any atom is -0.507 e. The van der Waals surface area contributed by atoms with Crippen LogP contribution in [-0.2, 0) is 4.79 Å². The van der Waals surface area contributed by atoms with Gasteiger partial charge in [0.05, 0.1) is 0 Å². The van der Waals surface area contributed by atoms with Gasteiger partial charge in [-0.15, -0.1) is 0 Å². The number of carbonyl (C=O) groups is 1. The van der Waals surface area contributed by atoms with E-state index in [9.17, 15) is 9.90 Å². The number of primary amides is 1. The molecular formula is C10H11NO2. The lowest BCUT2D eigenvalue weighted by Gasteiger charge is -1.99. The highest BCUT2D eigenvalue weighted by molar-refractivity contribution is 5.92. The van der Waals surface area contributed by atoms with Gasteiger partial charge in [0, 0.05) is 11.6 Å². The molecule has 0 aromatic heterocycles. The van der Waals surface area contributed by atoms with E-state index in [1.54, 1.807) is 12.1 Å². The summed E-state index contributed by atoms with van der Waals surface area (Å²) in [6.45, 7) is 1.94. The van der Waals surface area contributed by atoms with Gasteiger partial charge >= 0.3 is 0 Å². The molecule has 0 atom stereocenters. The second-order valence-electron chi connectivity index (χ2n) is 2.80. The third kappa shape index (κ3) is 2.63. The van der Waals surface area contributed by atoms with Crippen LogP contribution < -0.4 is 5.73 Å². The van der Waals surface area contributed by atoms with Crippen molar-refractivity contribution in [2.75, 3.05) is 0 Å². The van der Waals surface area contributed by atoms with Crippen molar-refractivity contribution in [2.24, 2.45) is 5.73 Å². The molecule has 3 heteroatoms. The van der Waals surface area contributed by atoms with Crippen LogP contribution in [0.2, 0.25) is 0 Å². The summed E-state index contributed by atoms with van der Waals surface area (Å²) in [5.74, 6) is -0.759. The second-order valence-corrected chi connectivity index (χ2v) is 2.80. The minimum atomic E-state index is -0.655. The van der Waals surface area contributed by atoms with E-state index in [4.69, 9.17) is 5.73 Å². The molecule has 1 rings (SSSR count). The first-order valence-corrected chi connectivity index (χ1v) is 3.87. The zero-order valence-electron chi connectivity index (χ0n) is 7.32. The normalized spacial score (nSPS) is 11.3. The van der Waals surface area contributed by atoms with E-state index < -0.39 is 5.91 Å². The molecule has 0 saturated carbocycles. The summed E-state index contributed by atoms with van der Waals surface area (Å²) in [4.78, 5) is 10.4. The number of aliphatic hydroxyl groups excluding tert-OH is 1. The molecule has 0 bridgehead atoms. The van der Waals surface area contributed by atoms with Gasteiger partial charge < -0.3 is 10.8 Å². The highest BCUT2D eigenvalue weighted by Crippen LogP contribution is 2.11. The van der Waals surface area contributed by atoms with Gasteiger partial charge in [-0.2, -0.15) is 0 Å². The Morgan fingerprint density at radius 2 is 1.92 bits per heavy atom. The zero-order chi connectivity index (χ0) is 9.84. The number of benzene rings is 1. The van der Waals surface area contributed by atoms with E-state index in [1.165, 1.54) is 0 Å². The Balaban J connectivity index is 2.96. The molecular weight excluding hydrogens is 166 g/mol. The van der Waals surface area contributed by atoms with Gasteiger partial charge in [0.1, 0.15) is 5.76 Å². The molecule has 0 aliphatic heterocycles. The van der Waals surface area contributed by atoms with Gasteiger partial charge in [-0.25, -0.2) is 0 Å². The Kier molecular flexibility index (Phi) is 2.69. The van der Waals surface area contributed by atoms with Crippen LogP contribution in [0.25, 0.3) is 5.76 Å². The molecule has 0 saturated heterocycles. The molecule has 13 heavy (non-hydrogen) atoms. The van der Waals surface area contributed by atoms with E-state index >= 15 is 0 Å². The molecule has 0 aliphatic carbocycles. The maximum absolute atomic E-state index is 10.4. The molecule has 1 amide bonds. The van der Waals surface area contributed by atoms with Crippen LogP contribution in [0.15, 0.2) is 30.3 Å². The SMILES string of the molecule is Cc1ccc(/C(O)=C/C(N)=O)cc1. The van der Waals surface area contributed by atoms with Gasteiger partial charge in [0.25, 0.3) is 0 Å². The van der Waals surface area contributed by atoms with Gasteiger partial charge in [0.2, 0.25) is 5.91 Å². The van der Waals surface area contributed by atoms with Crippen molar-refractivity contribution in [3.05, 3.63) is 41.5 Å². The highest BCUT2D eigenvalue weighted by atomic mass is 16.3. The molecule has 68 valence electrons. The van der Waals surface area contributed by atoms with Crippen LogP contribution in [0.1, 0.15) is 11.1 Å². The number of hydrogen-bond donors (Lipinski definition) is 2. The van der Waals surface area contributed by atoms with Crippen molar-refractivity contribution >= 4 is 11.7 Å². The van der Waals surface area contributed by atoms with Crippen molar-refractivity contribution in [3.8, 4) is 0 Å². The van der Waals surface area contributed by atoms with Crippen molar-refractivity contribution in [1.82, 2.24) is 0 Å². The van der Waals surface area contributed by atoms with Crippen LogP contribution in [0.5, 0.6) is 0 Å². The first-order chi connectivity index (χ1) is 6.09. The Bertz CT molecular complexity index is 338. The van der Waals surface area contributed by atoms with Gasteiger partial charge in [0.15, 0.2) is 0 Å². The third-order valence-corrected chi connectivity index (χ3v) is 1.63. The third-order valence-electron chi connectivity index (χ3n) is 1.63. The molecule has 3 N–H and O–H groups in total. The van der Waals surface area contributed by atoms with Gasteiger partial charge in [-0.1, -0.05) is 29.8 Å². The summed E-state index contributed by atoms with van der Waals surface area (Å²) in [7, 11) is 0. The van der Waals surface area contributed by atoms with Crippen molar-refractivity contribution in [3.63, 3.8) is 0 Å². The first kappa shape index (κ1) is 9.32. The van der Waals surface area contributed by atoms with Crippen LogP contribution in [-0.4, -0.2) is 11.0 Å². The number of rotatable bonds is 2. The predicted octanol–water partition coefficient (Wildman–Crippen LogP) is 1.38. The van der Waals surface area contributed by atoms with Crippen LogP contribution in [0.3, 0.4) is 0 Å². The monoisotopic (exact) mass is 177 g/mol. The quantitative estimate of drug-likeness (QED) is 0.529. The van der Waals surface area contributed by atoms with E-state index in [0.717, 1.165) is 11.6 Å². The molecule has 1 aromatic rings. The van der Waals surface area contributed by atoms with Crippen LogP contribution >= 0.6 is 0 Å². The minimum absolute atomic E-state index is 0.104. The van der Waals surface area contributed by atoms with Gasteiger partial charge in [-0.3, -0.25) is 4.79 Å². The maximum Gasteiger partial charge on any atom is 0.245 e. The molecule has 0 unspecified atom stereocenters. The smallest absolute Gasteiger partial charge is 0.245 e. The molecule has 0 radical (unpaired) electrons. The van der Waals surface area contributed by atoms with Crippen molar-refractivity contribution < 1.29 is 9.90 Å². The molecule has 0 fully saturated rings. The number of hydrogen-bond acceptors (Lipinski definition) is 2. The highest BCUT2D eigenvalue weighted by Gasteiger charge is 1.99. The van der Waals surface area contributed by atoms with Crippen molar-refractivity contribution in [1.29, 1.82) is 0 Å². The Morgan fingerprint density at radius 1 is 1.38 bits per heavy atom. The average Bonchev–Trinajstić information content (AvgIpc) is 2.04. The summed E-state index contributed by atoms with van der Waals surface area (Å²) in [5, 5.41) is 9.34. The Hall–Kier alpha value is -1.77. The summed E-state index contributed by atoms with van der Waals surface area (Å²) in [5.41, 5.74) is 6.57. The van der Waals surface area contributed by atoms with Crippen LogP contribution in [0.4, 0.5) is 0 Å². The maximum atomic E-state index is 10.4. The second kappa shape index (κ2) is 3.76. The lowest BCUT2D eigenvalue weighted by molar-refractivity contribution is -0.113. The summed E-state index contributed by atoms with van der Waals surface area (Å²) in [6.07, 6.45) is 0.991. The fourth-order valence-electron chi connectivity index (χ4n) is 0.942. The molecule has 0 heterocycles. The molecule has 0 aliphatic rings. The first-order valence-electron chi connectivity index (χ1n) is 3.87. The molecule has 0 spiro atoms. The van der Waals surface area contributed by atoms with Crippen LogP contribution in [0, 0.1) is 6.92 Å². The van der Waals surface area contributed by atoms with E-state index in [1.807, 2.05) is 19.1 Å². The number of aliphatic hydroxyl groups is 1. The fourth-order valence-corrected chi connectivity index (χ4v) is 0.942. The van der Waals surface area contributed by atoms with E-state index in [2.05, 4.69) is 0 Å². The summed E-state index contributed by atoms with van der Waals surface area (Å²) in [6, 6.07) is 7.15. The fraction of sp³-hybridized carbons (Fsp3) is 0.100. The number of carbonyl (C=O) groups excluding carboxylic acids is 1. The topological polar surface area (TPSA) is 63.3 Å². The summed E-state index contributed by atoms with van der Waals surface area (Å²) >= 11 is 0. The number of aryl methyl sites for hydroxylation is 1. The largest absolute Gasteiger partial charge is 0.507 e. The zero-order valence-corrected chi connectivity index (χ0v) is 7.32. The van der Waals surface area contributed by atoms with Gasteiger partial charge in [-0.05, 0) is 6.92 Å². The van der Waals surface area contributed by atoms with E-state index in [0.29, 0.717) is 5.56 Å².